The van der Waals surface area contributed by atoms with Crippen LogP contribution >= 0.6 is 11.6 Å². The third-order valence-electron chi connectivity index (χ3n) is 5.99. The fraction of sp³-hybridized carbons (Fsp3) is 0.471. The molecule has 1 saturated carbocycles. The average molecular weight is 376 g/mol. The monoisotopic (exact) mass is 375 g/mol. The van der Waals surface area contributed by atoms with Gasteiger partial charge in [-0.05, 0) is 42.0 Å². The van der Waals surface area contributed by atoms with Crippen LogP contribution < -0.4 is 5.32 Å². The highest BCUT2D eigenvalue weighted by Crippen LogP contribution is 2.62. The van der Waals surface area contributed by atoms with Crippen molar-refractivity contribution in [3.05, 3.63) is 23.2 Å². The number of carbonyl (C=O) groups excluding carboxylic acids is 2. The summed E-state index contributed by atoms with van der Waals surface area (Å²) in [6.07, 6.45) is 0.00401. The predicted molar refractivity (Wildman–Crippen MR) is 93.1 cm³/mol. The number of nitrogens with zero attached hydrogens (tertiary/aromatic N) is 3. The van der Waals surface area contributed by atoms with Crippen LogP contribution in [0.5, 0.6) is 0 Å². The van der Waals surface area contributed by atoms with Gasteiger partial charge in [-0.15, -0.1) is 5.10 Å². The van der Waals surface area contributed by atoms with Gasteiger partial charge in [0.2, 0.25) is 5.91 Å². The van der Waals surface area contributed by atoms with Gasteiger partial charge in [0.15, 0.2) is 5.82 Å². The Hall–Kier alpha value is -2.48. The molecule has 1 aliphatic heterocycles. The number of carbonyl (C=O) groups is 2. The van der Waals surface area contributed by atoms with Crippen molar-refractivity contribution >= 4 is 29.2 Å². The molecule has 1 saturated heterocycles. The van der Waals surface area contributed by atoms with Crippen LogP contribution in [-0.2, 0) is 14.3 Å². The molecule has 4 rings (SSSR count). The summed E-state index contributed by atoms with van der Waals surface area (Å²) in [5.41, 5.74) is 0.0561. The second-order valence-corrected chi connectivity index (χ2v) is 8.06. The number of aromatic nitrogens is 4. The molecule has 2 fully saturated rings. The number of tetrazole rings is 1. The number of ether oxygens (including phenoxy) is 1. The molecule has 9 heteroatoms. The van der Waals surface area contributed by atoms with Crippen molar-refractivity contribution in [2.24, 2.45) is 16.7 Å². The number of halogens is 1. The standard InChI is InChI=1S/C17H18ClN5O3/c1-16(2)12-10(7-17(16,3)15(25)26-12)14(24)19-11-6-8(18)4-5-9(11)13-20-22-23-21-13/h4-6,10,12H,7H2,1-3H3,(H,19,24)(H,20,21,22,23)/t10?,12?,17-/m0/s1. The molecule has 2 aliphatic rings. The first-order valence-electron chi connectivity index (χ1n) is 8.29. The Balaban J connectivity index is 1.63. The summed E-state index contributed by atoms with van der Waals surface area (Å²) in [5.74, 6) is -0.445. The summed E-state index contributed by atoms with van der Waals surface area (Å²) in [5, 5.41) is 17.1. The van der Waals surface area contributed by atoms with Crippen LogP contribution in [0, 0.1) is 16.7 Å². The van der Waals surface area contributed by atoms with E-state index >= 15 is 0 Å². The Labute approximate surface area is 154 Å². The van der Waals surface area contributed by atoms with Gasteiger partial charge in [0, 0.05) is 16.0 Å². The second kappa shape index (κ2) is 5.51. The lowest BCUT2D eigenvalue weighted by Crippen LogP contribution is -2.36. The summed E-state index contributed by atoms with van der Waals surface area (Å²) in [6, 6.07) is 5.06. The molecule has 3 atom stereocenters. The zero-order valence-corrected chi connectivity index (χ0v) is 15.3. The molecule has 2 aromatic rings. The average Bonchev–Trinajstić information content (AvgIpc) is 3.21. The molecule has 8 nitrogen and oxygen atoms in total. The number of amides is 1. The maximum absolute atomic E-state index is 13.0. The largest absolute Gasteiger partial charge is 0.460 e. The number of aromatic amines is 1. The number of hydrogen-bond donors (Lipinski definition) is 2. The second-order valence-electron chi connectivity index (χ2n) is 7.62. The highest BCUT2D eigenvalue weighted by Gasteiger charge is 2.69. The number of rotatable bonds is 3. The Kier molecular flexibility index (Phi) is 3.59. The van der Waals surface area contributed by atoms with Crippen LogP contribution in [0.25, 0.3) is 11.4 Å². The van der Waals surface area contributed by atoms with Crippen molar-refractivity contribution in [1.82, 2.24) is 20.6 Å². The van der Waals surface area contributed by atoms with E-state index in [1.54, 1.807) is 18.2 Å². The third kappa shape index (κ3) is 2.25. The minimum Gasteiger partial charge on any atom is -0.460 e. The van der Waals surface area contributed by atoms with Crippen LogP contribution in [0.1, 0.15) is 27.2 Å². The van der Waals surface area contributed by atoms with Crippen LogP contribution in [0.15, 0.2) is 18.2 Å². The van der Waals surface area contributed by atoms with Gasteiger partial charge >= 0.3 is 5.97 Å². The zero-order valence-electron chi connectivity index (χ0n) is 14.5. The summed E-state index contributed by atoms with van der Waals surface area (Å²) >= 11 is 6.09. The predicted octanol–water partition coefficient (Wildman–Crippen LogP) is 2.44. The molecule has 0 spiro atoms. The van der Waals surface area contributed by atoms with Gasteiger partial charge in [0.25, 0.3) is 0 Å². The molecule has 2 unspecified atom stereocenters. The number of hydrogen-bond acceptors (Lipinski definition) is 6. The van der Waals surface area contributed by atoms with E-state index in [0.717, 1.165) is 0 Å². The molecule has 2 bridgehead atoms. The highest BCUT2D eigenvalue weighted by atomic mass is 35.5. The van der Waals surface area contributed by atoms with Crippen LogP contribution in [0.4, 0.5) is 5.69 Å². The van der Waals surface area contributed by atoms with Gasteiger partial charge in [-0.25, -0.2) is 5.10 Å². The highest BCUT2D eigenvalue weighted by molar-refractivity contribution is 6.31. The van der Waals surface area contributed by atoms with Crippen molar-refractivity contribution in [1.29, 1.82) is 0 Å². The van der Waals surface area contributed by atoms with E-state index in [9.17, 15) is 9.59 Å². The number of benzene rings is 1. The summed E-state index contributed by atoms with van der Waals surface area (Å²) < 4.78 is 5.51. The normalized spacial score (nSPS) is 28.8. The van der Waals surface area contributed by atoms with E-state index in [4.69, 9.17) is 16.3 Å². The van der Waals surface area contributed by atoms with Crippen LogP contribution in [0.2, 0.25) is 5.02 Å². The first kappa shape index (κ1) is 17.0. The number of fused-ring (bicyclic) bond motifs is 2. The lowest BCUT2D eigenvalue weighted by Gasteiger charge is -2.27. The molecule has 136 valence electrons. The zero-order chi connectivity index (χ0) is 18.7. The topological polar surface area (TPSA) is 110 Å². The molecule has 2 N–H and O–H groups in total. The lowest BCUT2D eigenvalue weighted by molar-refractivity contribution is -0.157. The smallest absolute Gasteiger partial charge is 0.312 e. The van der Waals surface area contributed by atoms with Crippen LogP contribution in [-0.4, -0.2) is 38.6 Å². The van der Waals surface area contributed by atoms with Crippen molar-refractivity contribution in [3.8, 4) is 11.4 Å². The SMILES string of the molecule is CC1(C)C2OC(=O)[C@]1(C)CC2C(=O)Nc1cc(Cl)ccc1-c1nnn[nH]1. The number of H-pyrrole nitrogens is 1. The minimum absolute atomic E-state index is 0.213. The summed E-state index contributed by atoms with van der Waals surface area (Å²) in [7, 11) is 0. The van der Waals surface area contributed by atoms with Crippen molar-refractivity contribution in [3.63, 3.8) is 0 Å². The van der Waals surface area contributed by atoms with Gasteiger partial charge in [-0.2, -0.15) is 0 Å². The molecular weight excluding hydrogens is 358 g/mol. The fourth-order valence-electron chi connectivity index (χ4n) is 4.00. The Morgan fingerprint density at radius 2 is 2.15 bits per heavy atom. The maximum Gasteiger partial charge on any atom is 0.312 e. The van der Waals surface area contributed by atoms with Gasteiger partial charge in [-0.3, -0.25) is 9.59 Å². The molecule has 1 aromatic heterocycles. The van der Waals surface area contributed by atoms with E-state index in [1.807, 2.05) is 20.8 Å². The Morgan fingerprint density at radius 3 is 2.73 bits per heavy atom. The van der Waals surface area contributed by atoms with Gasteiger partial charge in [0.05, 0.1) is 17.0 Å². The number of anilines is 1. The molecule has 1 aromatic carbocycles. The fourth-order valence-corrected chi connectivity index (χ4v) is 4.18. The quantitative estimate of drug-likeness (QED) is 0.797. The van der Waals surface area contributed by atoms with E-state index in [2.05, 4.69) is 25.9 Å². The first-order chi connectivity index (χ1) is 12.2. The van der Waals surface area contributed by atoms with Crippen molar-refractivity contribution < 1.29 is 14.3 Å². The molecule has 26 heavy (non-hydrogen) atoms. The molecule has 0 radical (unpaired) electrons. The van der Waals surface area contributed by atoms with E-state index < -0.39 is 22.9 Å². The Bertz CT molecular complexity index is 898. The Morgan fingerprint density at radius 1 is 1.38 bits per heavy atom. The molecule has 1 amide bonds. The number of nitrogens with one attached hydrogen (secondary N) is 2. The van der Waals surface area contributed by atoms with Crippen molar-refractivity contribution in [2.75, 3.05) is 5.32 Å². The van der Waals surface area contributed by atoms with E-state index in [-0.39, 0.29) is 11.9 Å². The molecule has 2 heterocycles. The molecular formula is C17H18ClN5O3. The number of esters is 1. The summed E-state index contributed by atoms with van der Waals surface area (Å²) in [4.78, 5) is 25.1. The minimum atomic E-state index is -0.661. The lowest BCUT2D eigenvalue weighted by atomic mass is 9.70. The van der Waals surface area contributed by atoms with E-state index in [1.165, 1.54) is 0 Å². The summed E-state index contributed by atoms with van der Waals surface area (Å²) in [6.45, 7) is 5.81. The van der Waals surface area contributed by atoms with Gasteiger partial charge in [-0.1, -0.05) is 25.4 Å². The maximum atomic E-state index is 13.0. The third-order valence-corrected chi connectivity index (χ3v) is 6.22. The van der Waals surface area contributed by atoms with Crippen LogP contribution in [0.3, 0.4) is 0 Å². The first-order valence-corrected chi connectivity index (χ1v) is 8.67. The van der Waals surface area contributed by atoms with E-state index in [0.29, 0.717) is 28.5 Å². The van der Waals surface area contributed by atoms with Gasteiger partial charge < -0.3 is 10.1 Å². The van der Waals surface area contributed by atoms with Gasteiger partial charge in [0.1, 0.15) is 6.10 Å². The molecule has 1 aliphatic carbocycles. The van der Waals surface area contributed by atoms with Crippen molar-refractivity contribution in [2.45, 2.75) is 33.3 Å².